The number of aryl methyl sites for hydroxylation is 1. The number of benzene rings is 2. The van der Waals surface area contributed by atoms with Gasteiger partial charge in [-0.3, -0.25) is 4.57 Å². The van der Waals surface area contributed by atoms with E-state index in [1.54, 1.807) is 6.92 Å². The molecule has 0 radical (unpaired) electrons. The average molecular weight is 303 g/mol. The van der Waals surface area contributed by atoms with Crippen molar-refractivity contribution in [3.8, 4) is 5.69 Å². The molecule has 0 aliphatic carbocycles. The van der Waals surface area contributed by atoms with E-state index < -0.39 is 6.10 Å². The highest BCUT2D eigenvalue weighted by atomic mass is 16.3. The van der Waals surface area contributed by atoms with Crippen molar-refractivity contribution in [1.82, 2.24) is 14.5 Å². The molecule has 1 N–H and O–H groups in total. The third-order valence-corrected chi connectivity index (χ3v) is 4.05. The molecule has 0 amide bonds. The van der Waals surface area contributed by atoms with Crippen LogP contribution in [0, 0.1) is 6.92 Å². The molecule has 4 aromatic rings. The monoisotopic (exact) mass is 303 g/mol. The van der Waals surface area contributed by atoms with Crippen LogP contribution in [0.5, 0.6) is 0 Å². The number of fused-ring (bicyclic) bond motifs is 2. The van der Waals surface area contributed by atoms with Crippen LogP contribution in [0.25, 0.3) is 27.9 Å². The van der Waals surface area contributed by atoms with Gasteiger partial charge in [-0.1, -0.05) is 29.8 Å². The molecule has 23 heavy (non-hydrogen) atoms. The summed E-state index contributed by atoms with van der Waals surface area (Å²) >= 11 is 0. The SMILES string of the molecule is Cc1ccc(-n2c(C(C)O)cc3nc4ccccc4nc32)cc1. The van der Waals surface area contributed by atoms with Crippen molar-refractivity contribution in [3.63, 3.8) is 0 Å². The van der Waals surface area contributed by atoms with Crippen LogP contribution >= 0.6 is 0 Å². The van der Waals surface area contributed by atoms with Crippen molar-refractivity contribution >= 4 is 22.2 Å². The fourth-order valence-corrected chi connectivity index (χ4v) is 2.87. The summed E-state index contributed by atoms with van der Waals surface area (Å²) in [5.74, 6) is 0. The summed E-state index contributed by atoms with van der Waals surface area (Å²) in [6.45, 7) is 3.82. The standard InChI is InChI=1S/C19H17N3O/c1-12-7-9-14(10-8-12)22-18(13(2)23)11-17-19(22)21-16-6-4-3-5-15(16)20-17/h3-11,13,23H,1-2H3. The van der Waals surface area contributed by atoms with Crippen LogP contribution in [0.3, 0.4) is 0 Å². The van der Waals surface area contributed by atoms with Crippen LogP contribution in [0.2, 0.25) is 0 Å². The van der Waals surface area contributed by atoms with E-state index in [-0.39, 0.29) is 0 Å². The highest BCUT2D eigenvalue weighted by molar-refractivity contribution is 5.86. The lowest BCUT2D eigenvalue weighted by molar-refractivity contribution is 0.192. The van der Waals surface area contributed by atoms with Crippen molar-refractivity contribution in [3.05, 3.63) is 65.9 Å². The van der Waals surface area contributed by atoms with Gasteiger partial charge in [0, 0.05) is 5.69 Å². The van der Waals surface area contributed by atoms with E-state index in [9.17, 15) is 5.11 Å². The van der Waals surface area contributed by atoms with Gasteiger partial charge in [0.2, 0.25) is 0 Å². The second-order valence-corrected chi connectivity index (χ2v) is 5.84. The van der Waals surface area contributed by atoms with Gasteiger partial charge in [0.25, 0.3) is 0 Å². The Morgan fingerprint density at radius 2 is 1.57 bits per heavy atom. The molecule has 4 heteroatoms. The van der Waals surface area contributed by atoms with E-state index >= 15 is 0 Å². The predicted molar refractivity (Wildman–Crippen MR) is 91.7 cm³/mol. The van der Waals surface area contributed by atoms with Gasteiger partial charge in [0.05, 0.1) is 22.8 Å². The topological polar surface area (TPSA) is 50.9 Å². The Morgan fingerprint density at radius 3 is 2.22 bits per heavy atom. The third-order valence-electron chi connectivity index (χ3n) is 4.05. The second kappa shape index (κ2) is 5.18. The van der Waals surface area contributed by atoms with Crippen molar-refractivity contribution in [2.24, 2.45) is 0 Å². The molecule has 0 aliphatic rings. The smallest absolute Gasteiger partial charge is 0.164 e. The number of nitrogens with zero attached hydrogens (tertiary/aromatic N) is 3. The molecular formula is C19H17N3O. The molecule has 0 fully saturated rings. The van der Waals surface area contributed by atoms with Crippen LogP contribution in [-0.2, 0) is 0 Å². The van der Waals surface area contributed by atoms with Gasteiger partial charge in [-0.2, -0.15) is 0 Å². The molecule has 0 bridgehead atoms. The summed E-state index contributed by atoms with van der Waals surface area (Å²) < 4.78 is 1.98. The Morgan fingerprint density at radius 1 is 0.913 bits per heavy atom. The van der Waals surface area contributed by atoms with Gasteiger partial charge >= 0.3 is 0 Å². The molecule has 2 aromatic heterocycles. The van der Waals surface area contributed by atoms with E-state index in [1.165, 1.54) is 5.56 Å². The van der Waals surface area contributed by atoms with E-state index in [4.69, 9.17) is 9.97 Å². The van der Waals surface area contributed by atoms with Crippen LogP contribution in [0.1, 0.15) is 24.3 Å². The number of aliphatic hydroxyl groups is 1. The number of aromatic nitrogens is 3. The van der Waals surface area contributed by atoms with Gasteiger partial charge in [0.15, 0.2) is 5.65 Å². The van der Waals surface area contributed by atoms with Crippen LogP contribution in [0.15, 0.2) is 54.6 Å². The Hall–Kier alpha value is -2.72. The molecule has 1 atom stereocenters. The molecule has 1 unspecified atom stereocenters. The van der Waals surface area contributed by atoms with Crippen molar-refractivity contribution < 1.29 is 5.11 Å². The largest absolute Gasteiger partial charge is 0.387 e. The first-order valence-corrected chi connectivity index (χ1v) is 7.67. The van der Waals surface area contributed by atoms with Gasteiger partial charge < -0.3 is 5.11 Å². The highest BCUT2D eigenvalue weighted by Gasteiger charge is 2.17. The van der Waals surface area contributed by atoms with Gasteiger partial charge in [-0.25, -0.2) is 9.97 Å². The average Bonchev–Trinajstić information content (AvgIpc) is 2.92. The minimum Gasteiger partial charge on any atom is -0.387 e. The highest BCUT2D eigenvalue weighted by Crippen LogP contribution is 2.27. The molecule has 0 saturated carbocycles. The first-order valence-electron chi connectivity index (χ1n) is 7.67. The van der Waals surface area contributed by atoms with E-state index in [2.05, 4.69) is 19.1 Å². The summed E-state index contributed by atoms with van der Waals surface area (Å²) in [5.41, 5.74) is 6.23. The number of para-hydroxylation sites is 2. The first kappa shape index (κ1) is 13.9. The van der Waals surface area contributed by atoms with Crippen molar-refractivity contribution in [1.29, 1.82) is 0 Å². The molecule has 2 aromatic carbocycles. The van der Waals surface area contributed by atoms with Crippen LogP contribution < -0.4 is 0 Å². The number of aliphatic hydroxyl groups excluding tert-OH is 1. The summed E-state index contributed by atoms with van der Waals surface area (Å²) in [4.78, 5) is 9.46. The van der Waals surface area contributed by atoms with Crippen molar-refractivity contribution in [2.75, 3.05) is 0 Å². The van der Waals surface area contributed by atoms with Gasteiger partial charge in [0.1, 0.15) is 5.52 Å². The quantitative estimate of drug-likeness (QED) is 0.610. The maximum Gasteiger partial charge on any atom is 0.164 e. The lowest BCUT2D eigenvalue weighted by Gasteiger charge is -2.12. The first-order chi connectivity index (χ1) is 11.1. The zero-order valence-electron chi connectivity index (χ0n) is 13.1. The lowest BCUT2D eigenvalue weighted by Crippen LogP contribution is -2.04. The number of rotatable bonds is 2. The molecule has 4 rings (SSSR count). The lowest BCUT2D eigenvalue weighted by atomic mass is 10.2. The zero-order chi connectivity index (χ0) is 16.0. The summed E-state index contributed by atoms with van der Waals surface area (Å²) in [6, 6.07) is 17.9. The van der Waals surface area contributed by atoms with E-state index in [1.807, 2.05) is 47.0 Å². The molecule has 0 aliphatic heterocycles. The summed E-state index contributed by atoms with van der Waals surface area (Å²) in [6.07, 6.45) is -0.601. The zero-order valence-corrected chi connectivity index (χ0v) is 13.1. The Kier molecular flexibility index (Phi) is 3.13. The third kappa shape index (κ3) is 2.28. The van der Waals surface area contributed by atoms with Crippen LogP contribution in [-0.4, -0.2) is 19.6 Å². The molecule has 2 heterocycles. The molecule has 0 saturated heterocycles. The normalized spacial score (nSPS) is 12.8. The minimum absolute atomic E-state index is 0.601. The van der Waals surface area contributed by atoms with Crippen LogP contribution in [0.4, 0.5) is 0 Å². The Balaban J connectivity index is 2.08. The molecule has 114 valence electrons. The maximum absolute atomic E-state index is 10.2. The van der Waals surface area contributed by atoms with E-state index in [0.717, 1.165) is 33.6 Å². The fourth-order valence-electron chi connectivity index (χ4n) is 2.87. The number of hydrogen-bond acceptors (Lipinski definition) is 3. The summed E-state index contributed by atoms with van der Waals surface area (Å²) in [7, 11) is 0. The predicted octanol–water partition coefficient (Wildman–Crippen LogP) is 3.94. The maximum atomic E-state index is 10.2. The number of hydrogen-bond donors (Lipinski definition) is 1. The Bertz CT molecular complexity index is 1000. The van der Waals surface area contributed by atoms with Gasteiger partial charge in [-0.05, 0) is 44.2 Å². The summed E-state index contributed by atoms with van der Waals surface area (Å²) in [5, 5.41) is 10.2. The molecular weight excluding hydrogens is 286 g/mol. The molecule has 4 nitrogen and oxygen atoms in total. The minimum atomic E-state index is -0.601. The fraction of sp³-hybridized carbons (Fsp3) is 0.158. The van der Waals surface area contributed by atoms with Crippen molar-refractivity contribution in [2.45, 2.75) is 20.0 Å². The molecule has 0 spiro atoms. The van der Waals surface area contributed by atoms with E-state index in [0.29, 0.717) is 0 Å². The van der Waals surface area contributed by atoms with Gasteiger partial charge in [-0.15, -0.1) is 0 Å². The second-order valence-electron chi connectivity index (χ2n) is 5.84. The Labute approximate surface area is 134 Å².